The van der Waals surface area contributed by atoms with E-state index in [1.54, 1.807) is 12.3 Å². The highest BCUT2D eigenvalue weighted by Gasteiger charge is 2.35. The van der Waals surface area contributed by atoms with E-state index in [4.69, 9.17) is 5.73 Å². The van der Waals surface area contributed by atoms with E-state index in [0.29, 0.717) is 11.5 Å². The molecular weight excluding hydrogens is 308 g/mol. The number of amides is 1. The van der Waals surface area contributed by atoms with Gasteiger partial charge in [0.25, 0.3) is 5.91 Å². The van der Waals surface area contributed by atoms with Gasteiger partial charge in [-0.15, -0.1) is 0 Å². The largest absolute Gasteiger partial charge is 0.383 e. The summed E-state index contributed by atoms with van der Waals surface area (Å²) in [6.07, 6.45) is 3.95. The number of fused-ring (bicyclic) bond motifs is 3. The molecule has 1 unspecified atom stereocenters. The summed E-state index contributed by atoms with van der Waals surface area (Å²) in [7, 11) is 0. The van der Waals surface area contributed by atoms with Gasteiger partial charge >= 0.3 is 0 Å². The predicted molar refractivity (Wildman–Crippen MR) is 76.8 cm³/mol. The average molecular weight is 325 g/mol. The van der Waals surface area contributed by atoms with E-state index in [0.717, 1.165) is 24.1 Å². The Labute approximate surface area is 120 Å². The van der Waals surface area contributed by atoms with Gasteiger partial charge in [0.05, 0.1) is 5.56 Å². The van der Waals surface area contributed by atoms with Crippen molar-refractivity contribution in [3.8, 4) is 0 Å². The third-order valence-electron chi connectivity index (χ3n) is 4.10. The van der Waals surface area contributed by atoms with E-state index < -0.39 is 0 Å². The second-order valence-electron chi connectivity index (χ2n) is 5.30. The Morgan fingerprint density at radius 2 is 2.21 bits per heavy atom. The Balaban J connectivity index is 1.73. The standard InChI is InChI=1S/C13H17BrN4O/c14-9-5-10(12(15)16-6-9)13(19)17-11-7-18-3-1-8(11)2-4-18/h5-6,8,11H,1-4,7H2,(H2,15,16)(H,17,19). The smallest absolute Gasteiger partial charge is 0.255 e. The van der Waals surface area contributed by atoms with E-state index >= 15 is 0 Å². The monoisotopic (exact) mass is 324 g/mol. The first-order chi connectivity index (χ1) is 9.13. The maximum atomic E-state index is 12.3. The molecule has 1 aromatic rings. The molecule has 3 N–H and O–H groups in total. The van der Waals surface area contributed by atoms with Crippen molar-refractivity contribution in [2.24, 2.45) is 5.92 Å². The van der Waals surface area contributed by atoms with Crippen LogP contribution in [0, 0.1) is 5.92 Å². The molecule has 0 aliphatic carbocycles. The lowest BCUT2D eigenvalue weighted by Crippen LogP contribution is -2.57. The molecule has 3 saturated heterocycles. The number of halogens is 1. The van der Waals surface area contributed by atoms with Gasteiger partial charge in [-0.1, -0.05) is 0 Å². The lowest BCUT2D eigenvalue weighted by atomic mass is 9.84. The zero-order chi connectivity index (χ0) is 13.4. The van der Waals surface area contributed by atoms with Crippen LogP contribution in [0.5, 0.6) is 0 Å². The quantitative estimate of drug-likeness (QED) is 0.859. The van der Waals surface area contributed by atoms with Crippen molar-refractivity contribution in [3.63, 3.8) is 0 Å². The van der Waals surface area contributed by atoms with Gasteiger partial charge in [-0.05, 0) is 53.8 Å². The first kappa shape index (κ1) is 12.9. The van der Waals surface area contributed by atoms with E-state index in [1.807, 2.05) is 0 Å². The molecule has 1 atom stereocenters. The van der Waals surface area contributed by atoms with Crippen LogP contribution in [-0.4, -0.2) is 41.5 Å². The minimum absolute atomic E-state index is 0.120. The second-order valence-corrected chi connectivity index (χ2v) is 6.22. The molecule has 2 bridgehead atoms. The van der Waals surface area contributed by atoms with Crippen LogP contribution in [0.15, 0.2) is 16.7 Å². The highest BCUT2D eigenvalue weighted by atomic mass is 79.9. The second kappa shape index (κ2) is 5.09. The van der Waals surface area contributed by atoms with Gasteiger partial charge in [-0.3, -0.25) is 4.79 Å². The van der Waals surface area contributed by atoms with Crippen LogP contribution < -0.4 is 11.1 Å². The lowest BCUT2D eigenvalue weighted by Gasteiger charge is -2.44. The Morgan fingerprint density at radius 1 is 1.47 bits per heavy atom. The first-order valence-corrected chi connectivity index (χ1v) is 7.37. The fourth-order valence-corrected chi connectivity index (χ4v) is 3.34. The fourth-order valence-electron chi connectivity index (χ4n) is 3.01. The molecule has 3 fully saturated rings. The fraction of sp³-hybridized carbons (Fsp3) is 0.538. The minimum atomic E-state index is -0.120. The summed E-state index contributed by atoms with van der Waals surface area (Å²) in [6, 6.07) is 1.97. The first-order valence-electron chi connectivity index (χ1n) is 6.58. The van der Waals surface area contributed by atoms with Gasteiger partial charge in [0, 0.05) is 23.3 Å². The number of aromatic nitrogens is 1. The zero-order valence-corrected chi connectivity index (χ0v) is 12.2. The Bertz CT molecular complexity index is 499. The number of rotatable bonds is 2. The topological polar surface area (TPSA) is 71.2 Å². The van der Waals surface area contributed by atoms with Crippen molar-refractivity contribution in [2.75, 3.05) is 25.4 Å². The Morgan fingerprint density at radius 3 is 2.84 bits per heavy atom. The Kier molecular flexibility index (Phi) is 3.45. The SMILES string of the molecule is Nc1ncc(Br)cc1C(=O)NC1CN2CCC1CC2. The van der Waals surface area contributed by atoms with Crippen LogP contribution in [0.2, 0.25) is 0 Å². The number of nitrogens with zero attached hydrogens (tertiary/aromatic N) is 2. The average Bonchev–Trinajstić information content (AvgIpc) is 2.43. The molecule has 1 aromatic heterocycles. The molecule has 19 heavy (non-hydrogen) atoms. The highest BCUT2D eigenvalue weighted by molar-refractivity contribution is 9.10. The molecule has 0 radical (unpaired) electrons. The number of pyridine rings is 1. The van der Waals surface area contributed by atoms with Gasteiger partial charge in [-0.2, -0.15) is 0 Å². The number of anilines is 1. The van der Waals surface area contributed by atoms with E-state index in [-0.39, 0.29) is 17.8 Å². The zero-order valence-electron chi connectivity index (χ0n) is 10.6. The number of nitrogens with one attached hydrogen (secondary N) is 1. The van der Waals surface area contributed by atoms with Gasteiger partial charge in [0.2, 0.25) is 0 Å². The van der Waals surface area contributed by atoms with Crippen molar-refractivity contribution in [1.29, 1.82) is 0 Å². The predicted octanol–water partition coefficient (Wildman–Crippen LogP) is 1.25. The number of hydrogen-bond acceptors (Lipinski definition) is 4. The van der Waals surface area contributed by atoms with E-state index in [1.165, 1.54) is 12.8 Å². The maximum Gasteiger partial charge on any atom is 0.255 e. The number of carbonyl (C=O) groups excluding carboxylic acids is 1. The molecule has 4 heterocycles. The summed E-state index contributed by atoms with van der Waals surface area (Å²) in [6.45, 7) is 3.28. The van der Waals surface area contributed by atoms with E-state index in [2.05, 4.69) is 31.1 Å². The van der Waals surface area contributed by atoms with Crippen molar-refractivity contribution < 1.29 is 4.79 Å². The molecule has 102 valence electrons. The summed E-state index contributed by atoms with van der Waals surface area (Å²) in [5, 5.41) is 3.11. The van der Waals surface area contributed by atoms with Crippen molar-refractivity contribution in [1.82, 2.24) is 15.2 Å². The summed E-state index contributed by atoms with van der Waals surface area (Å²) in [5.41, 5.74) is 6.22. The summed E-state index contributed by atoms with van der Waals surface area (Å²) in [4.78, 5) is 18.7. The summed E-state index contributed by atoms with van der Waals surface area (Å²) >= 11 is 3.32. The van der Waals surface area contributed by atoms with Gasteiger partial charge in [0.15, 0.2) is 0 Å². The molecule has 0 saturated carbocycles. The van der Waals surface area contributed by atoms with Crippen molar-refractivity contribution in [2.45, 2.75) is 18.9 Å². The molecule has 4 rings (SSSR count). The van der Waals surface area contributed by atoms with Gasteiger partial charge < -0.3 is 16.0 Å². The normalized spacial score (nSPS) is 29.2. The molecule has 0 aromatic carbocycles. The van der Waals surface area contributed by atoms with Crippen molar-refractivity contribution in [3.05, 3.63) is 22.3 Å². The van der Waals surface area contributed by atoms with Crippen LogP contribution in [0.4, 0.5) is 5.82 Å². The van der Waals surface area contributed by atoms with Gasteiger partial charge in [-0.25, -0.2) is 4.98 Å². The van der Waals surface area contributed by atoms with Crippen LogP contribution in [0.1, 0.15) is 23.2 Å². The lowest BCUT2D eigenvalue weighted by molar-refractivity contribution is 0.0621. The van der Waals surface area contributed by atoms with Gasteiger partial charge in [0.1, 0.15) is 5.82 Å². The van der Waals surface area contributed by atoms with Crippen molar-refractivity contribution >= 4 is 27.7 Å². The molecule has 3 aliphatic heterocycles. The summed E-state index contributed by atoms with van der Waals surface area (Å²) in [5.74, 6) is 0.766. The third-order valence-corrected chi connectivity index (χ3v) is 4.54. The molecule has 6 heteroatoms. The number of carbonyl (C=O) groups is 1. The van der Waals surface area contributed by atoms with Crippen LogP contribution in [-0.2, 0) is 0 Å². The Hall–Kier alpha value is -1.14. The summed E-state index contributed by atoms with van der Waals surface area (Å²) < 4.78 is 0.765. The van der Waals surface area contributed by atoms with Crippen LogP contribution in [0.3, 0.4) is 0 Å². The third kappa shape index (κ3) is 2.60. The molecule has 3 aliphatic rings. The van der Waals surface area contributed by atoms with Crippen LogP contribution >= 0.6 is 15.9 Å². The highest BCUT2D eigenvalue weighted by Crippen LogP contribution is 2.28. The minimum Gasteiger partial charge on any atom is -0.383 e. The molecular formula is C13H17BrN4O. The maximum absolute atomic E-state index is 12.3. The molecule has 0 spiro atoms. The molecule has 5 nitrogen and oxygen atoms in total. The van der Waals surface area contributed by atoms with Crippen LogP contribution in [0.25, 0.3) is 0 Å². The number of nitrogens with two attached hydrogens (primary N) is 1. The number of nitrogen functional groups attached to an aromatic ring is 1. The number of hydrogen-bond donors (Lipinski definition) is 2. The number of piperidine rings is 3. The molecule has 1 amide bonds. The van der Waals surface area contributed by atoms with E-state index in [9.17, 15) is 4.79 Å².